The lowest BCUT2D eigenvalue weighted by molar-refractivity contribution is 0.391. The highest BCUT2D eigenvalue weighted by atomic mass is 16.5. The van der Waals surface area contributed by atoms with E-state index in [2.05, 4.69) is 25.4 Å². The number of pyridine rings is 1. The number of nitrogens with two attached hydrogens (primary N) is 1. The van der Waals surface area contributed by atoms with Crippen molar-refractivity contribution >= 4 is 22.8 Å². The van der Waals surface area contributed by atoms with E-state index in [1.165, 1.54) is 0 Å². The molecule has 0 bridgehead atoms. The van der Waals surface area contributed by atoms with Crippen molar-refractivity contribution in [3.05, 3.63) is 59.9 Å². The minimum absolute atomic E-state index is 0.224. The van der Waals surface area contributed by atoms with Crippen molar-refractivity contribution in [2.75, 3.05) is 11.1 Å². The van der Waals surface area contributed by atoms with Gasteiger partial charge in [-0.3, -0.25) is 4.98 Å². The number of anilines is 2. The number of nitrogens with zero attached hydrogens (tertiary/aromatic N) is 5. The number of fused-ring (bicyclic) bond motifs is 1. The number of nitrogen functional groups attached to an aromatic ring is 1. The number of rotatable bonds is 5. The van der Waals surface area contributed by atoms with E-state index < -0.39 is 0 Å². The third-order valence-corrected chi connectivity index (χ3v) is 3.80. The molecular weight excluding hydrogens is 318 g/mol. The maximum Gasteiger partial charge on any atom is 0.222 e. The first kappa shape index (κ1) is 15.1. The molecule has 0 aliphatic rings. The Labute approximate surface area is 143 Å². The van der Waals surface area contributed by atoms with Gasteiger partial charge in [-0.05, 0) is 25.1 Å². The first-order valence-electron chi connectivity index (χ1n) is 7.87. The lowest BCUT2D eigenvalue weighted by atomic mass is 10.3. The summed E-state index contributed by atoms with van der Waals surface area (Å²) in [5.74, 6) is 1.65. The van der Waals surface area contributed by atoms with Gasteiger partial charge in [-0.2, -0.15) is 4.98 Å². The van der Waals surface area contributed by atoms with Gasteiger partial charge in [0.2, 0.25) is 5.95 Å². The predicted octanol–water partition coefficient (Wildman–Crippen LogP) is 2.37. The highest BCUT2D eigenvalue weighted by molar-refractivity contribution is 5.87. The number of hydrogen-bond donors (Lipinski definition) is 2. The van der Waals surface area contributed by atoms with Gasteiger partial charge in [0.15, 0.2) is 5.82 Å². The summed E-state index contributed by atoms with van der Waals surface area (Å²) in [6.45, 7) is 2.96. The number of aryl methyl sites for hydroxylation is 1. The van der Waals surface area contributed by atoms with Gasteiger partial charge in [0.1, 0.15) is 17.0 Å². The molecule has 0 amide bonds. The van der Waals surface area contributed by atoms with Crippen LogP contribution in [-0.4, -0.2) is 24.7 Å². The average Bonchev–Trinajstić information content (AvgIpc) is 3.20. The van der Waals surface area contributed by atoms with E-state index in [4.69, 9.17) is 10.3 Å². The summed E-state index contributed by atoms with van der Waals surface area (Å²) < 4.78 is 7.14. The minimum atomic E-state index is 0.224. The highest BCUT2D eigenvalue weighted by Crippen LogP contribution is 2.24. The van der Waals surface area contributed by atoms with E-state index in [1.807, 2.05) is 48.0 Å². The molecule has 0 aliphatic carbocycles. The zero-order chi connectivity index (χ0) is 17.2. The summed E-state index contributed by atoms with van der Waals surface area (Å²) in [4.78, 5) is 13.0. The maximum atomic E-state index is 5.84. The van der Waals surface area contributed by atoms with Crippen molar-refractivity contribution in [3.8, 4) is 0 Å². The fourth-order valence-corrected chi connectivity index (χ4v) is 2.72. The van der Waals surface area contributed by atoms with Crippen LogP contribution in [-0.2, 0) is 13.1 Å². The van der Waals surface area contributed by atoms with Crippen LogP contribution in [0.5, 0.6) is 0 Å². The molecule has 4 heterocycles. The Hall–Kier alpha value is -3.42. The van der Waals surface area contributed by atoms with Gasteiger partial charge in [0.05, 0.1) is 24.3 Å². The second-order valence-electron chi connectivity index (χ2n) is 5.71. The summed E-state index contributed by atoms with van der Waals surface area (Å²) >= 11 is 0. The lowest BCUT2D eigenvalue weighted by Gasteiger charge is -2.10. The molecule has 0 aromatic carbocycles. The molecule has 0 aliphatic heterocycles. The molecule has 0 unspecified atom stereocenters. The summed E-state index contributed by atoms with van der Waals surface area (Å²) in [7, 11) is 0. The largest absolute Gasteiger partial charge is 0.368 e. The standard InChI is InChI=1S/C17H17N7O/c1-11-8-13(23-25-11)9-20-16-15-14(21-17(18)22-16)5-7-24(15)10-12-4-2-3-6-19-12/h2-8H,9-10H2,1H3,(H3,18,20,21,22). The Balaban J connectivity index is 1.68. The number of nitrogens with one attached hydrogen (secondary N) is 1. The van der Waals surface area contributed by atoms with Gasteiger partial charge >= 0.3 is 0 Å². The molecule has 0 radical (unpaired) electrons. The molecule has 0 saturated heterocycles. The van der Waals surface area contributed by atoms with Gasteiger partial charge in [-0.25, -0.2) is 4.98 Å². The number of hydrogen-bond acceptors (Lipinski definition) is 7. The van der Waals surface area contributed by atoms with Crippen LogP contribution in [0.25, 0.3) is 11.0 Å². The van der Waals surface area contributed by atoms with Crippen molar-refractivity contribution in [1.29, 1.82) is 0 Å². The minimum Gasteiger partial charge on any atom is -0.368 e. The van der Waals surface area contributed by atoms with Crippen LogP contribution in [0.15, 0.2) is 47.2 Å². The van der Waals surface area contributed by atoms with Gasteiger partial charge in [0.25, 0.3) is 0 Å². The van der Waals surface area contributed by atoms with Crippen molar-refractivity contribution < 1.29 is 4.52 Å². The smallest absolute Gasteiger partial charge is 0.222 e. The van der Waals surface area contributed by atoms with E-state index in [-0.39, 0.29) is 5.95 Å². The van der Waals surface area contributed by atoms with Crippen LogP contribution >= 0.6 is 0 Å². The third-order valence-electron chi connectivity index (χ3n) is 3.80. The van der Waals surface area contributed by atoms with Crippen molar-refractivity contribution in [2.24, 2.45) is 0 Å². The monoisotopic (exact) mass is 335 g/mol. The van der Waals surface area contributed by atoms with Crippen molar-refractivity contribution in [1.82, 2.24) is 24.7 Å². The van der Waals surface area contributed by atoms with Gasteiger partial charge in [-0.15, -0.1) is 0 Å². The fourth-order valence-electron chi connectivity index (χ4n) is 2.72. The van der Waals surface area contributed by atoms with E-state index in [0.717, 1.165) is 28.2 Å². The van der Waals surface area contributed by atoms with Crippen LogP contribution in [0.3, 0.4) is 0 Å². The molecule has 4 aromatic rings. The van der Waals surface area contributed by atoms with Crippen LogP contribution < -0.4 is 11.1 Å². The zero-order valence-electron chi connectivity index (χ0n) is 13.7. The quantitative estimate of drug-likeness (QED) is 0.576. The van der Waals surface area contributed by atoms with Crippen molar-refractivity contribution in [3.63, 3.8) is 0 Å². The van der Waals surface area contributed by atoms with Crippen LogP contribution in [0.4, 0.5) is 11.8 Å². The molecule has 3 N–H and O–H groups in total. The first-order chi connectivity index (χ1) is 12.2. The Morgan fingerprint density at radius 3 is 2.88 bits per heavy atom. The number of aromatic nitrogens is 5. The summed E-state index contributed by atoms with van der Waals surface area (Å²) in [6, 6.07) is 9.64. The Bertz CT molecular complexity index is 1010. The molecule has 126 valence electrons. The van der Waals surface area contributed by atoms with E-state index >= 15 is 0 Å². The average molecular weight is 335 g/mol. The lowest BCUT2D eigenvalue weighted by Crippen LogP contribution is -2.08. The Morgan fingerprint density at radius 2 is 2.12 bits per heavy atom. The van der Waals surface area contributed by atoms with Crippen LogP contribution in [0, 0.1) is 6.92 Å². The molecule has 0 atom stereocenters. The molecule has 8 nitrogen and oxygen atoms in total. The molecule has 4 aromatic heterocycles. The van der Waals surface area contributed by atoms with Crippen LogP contribution in [0.2, 0.25) is 0 Å². The summed E-state index contributed by atoms with van der Waals surface area (Å²) in [6.07, 6.45) is 3.74. The fraction of sp³-hybridized carbons (Fsp3) is 0.176. The predicted molar refractivity (Wildman–Crippen MR) is 93.8 cm³/mol. The molecular formula is C17H17N7O. The molecule has 0 saturated carbocycles. The SMILES string of the molecule is Cc1cc(CNc2nc(N)nc3ccn(Cc4ccccn4)c23)no1. The first-order valence-corrected chi connectivity index (χ1v) is 7.87. The molecule has 0 fully saturated rings. The molecule has 4 rings (SSSR count). The second kappa shape index (κ2) is 6.23. The third kappa shape index (κ3) is 3.14. The summed E-state index contributed by atoms with van der Waals surface area (Å²) in [5, 5.41) is 7.26. The second-order valence-corrected chi connectivity index (χ2v) is 5.71. The van der Waals surface area contributed by atoms with E-state index in [1.54, 1.807) is 6.20 Å². The van der Waals surface area contributed by atoms with Gasteiger partial charge < -0.3 is 20.1 Å². The van der Waals surface area contributed by atoms with Gasteiger partial charge in [0, 0.05) is 18.5 Å². The topological polar surface area (TPSA) is 108 Å². The van der Waals surface area contributed by atoms with E-state index in [0.29, 0.717) is 18.9 Å². The molecule has 0 spiro atoms. The van der Waals surface area contributed by atoms with Crippen molar-refractivity contribution in [2.45, 2.75) is 20.0 Å². The molecule has 25 heavy (non-hydrogen) atoms. The van der Waals surface area contributed by atoms with Gasteiger partial charge in [-0.1, -0.05) is 11.2 Å². The van der Waals surface area contributed by atoms with E-state index in [9.17, 15) is 0 Å². The molecule has 8 heteroatoms. The van der Waals surface area contributed by atoms with Crippen LogP contribution in [0.1, 0.15) is 17.1 Å². The highest BCUT2D eigenvalue weighted by Gasteiger charge is 2.12. The maximum absolute atomic E-state index is 5.84. The zero-order valence-corrected chi connectivity index (χ0v) is 13.7. The Kier molecular flexibility index (Phi) is 3.77. The normalized spacial score (nSPS) is 11.1. The summed E-state index contributed by atoms with van der Waals surface area (Å²) in [5.41, 5.74) is 9.25. The Morgan fingerprint density at radius 1 is 1.20 bits per heavy atom.